The SMILES string of the molecule is Cc1c(NC(=O)c2nccs2)cccc1-c1ccc(C(=O)O)c2[nH]c(-c3cccnc3)cc12. The first-order valence-corrected chi connectivity index (χ1v) is 11.0. The average Bonchev–Trinajstić information content (AvgIpc) is 3.51. The van der Waals surface area contributed by atoms with E-state index >= 15 is 0 Å². The van der Waals surface area contributed by atoms with Crippen molar-refractivity contribution < 1.29 is 14.7 Å². The van der Waals surface area contributed by atoms with Crippen LogP contribution >= 0.6 is 11.3 Å². The Labute approximate surface area is 192 Å². The highest BCUT2D eigenvalue weighted by molar-refractivity contribution is 7.11. The smallest absolute Gasteiger partial charge is 0.337 e. The first kappa shape index (κ1) is 20.6. The Hall–Kier alpha value is -4.30. The molecule has 0 saturated carbocycles. The van der Waals surface area contributed by atoms with Gasteiger partial charge in [-0.2, -0.15) is 0 Å². The lowest BCUT2D eigenvalue weighted by Gasteiger charge is -2.13. The second-order valence-corrected chi connectivity index (χ2v) is 8.34. The number of carboxylic acids is 1. The minimum absolute atomic E-state index is 0.190. The van der Waals surface area contributed by atoms with Crippen LogP contribution in [0.1, 0.15) is 25.7 Å². The van der Waals surface area contributed by atoms with E-state index in [4.69, 9.17) is 0 Å². The van der Waals surface area contributed by atoms with E-state index in [1.165, 1.54) is 11.3 Å². The molecular weight excluding hydrogens is 436 g/mol. The van der Waals surface area contributed by atoms with Crippen LogP contribution in [0.4, 0.5) is 5.69 Å². The van der Waals surface area contributed by atoms with Gasteiger partial charge in [-0.15, -0.1) is 11.3 Å². The van der Waals surface area contributed by atoms with Crippen LogP contribution in [0.15, 0.2) is 72.5 Å². The Kier molecular flexibility index (Phi) is 5.20. The first-order valence-electron chi connectivity index (χ1n) is 10.1. The number of benzene rings is 2. The summed E-state index contributed by atoms with van der Waals surface area (Å²) < 4.78 is 0. The van der Waals surface area contributed by atoms with E-state index < -0.39 is 5.97 Å². The molecule has 1 amide bonds. The number of hydrogen-bond donors (Lipinski definition) is 3. The van der Waals surface area contributed by atoms with Crippen molar-refractivity contribution >= 4 is 39.8 Å². The van der Waals surface area contributed by atoms with E-state index in [1.54, 1.807) is 36.1 Å². The Balaban J connectivity index is 1.64. The van der Waals surface area contributed by atoms with Gasteiger partial charge in [-0.05, 0) is 53.9 Å². The highest BCUT2D eigenvalue weighted by Gasteiger charge is 2.18. The van der Waals surface area contributed by atoms with Crippen molar-refractivity contribution in [2.45, 2.75) is 6.92 Å². The monoisotopic (exact) mass is 454 g/mol. The molecule has 0 radical (unpaired) electrons. The fraction of sp³-hybridized carbons (Fsp3) is 0.0400. The highest BCUT2D eigenvalue weighted by Crippen LogP contribution is 2.37. The molecule has 5 rings (SSSR count). The molecule has 0 atom stereocenters. The number of hydrogen-bond acceptors (Lipinski definition) is 5. The van der Waals surface area contributed by atoms with Gasteiger partial charge in [-0.3, -0.25) is 9.78 Å². The molecule has 0 aliphatic carbocycles. The third-order valence-electron chi connectivity index (χ3n) is 5.50. The van der Waals surface area contributed by atoms with Gasteiger partial charge in [0.1, 0.15) is 0 Å². The molecule has 5 aromatic rings. The van der Waals surface area contributed by atoms with Gasteiger partial charge in [0, 0.05) is 46.3 Å². The number of amides is 1. The van der Waals surface area contributed by atoms with Crippen LogP contribution in [-0.2, 0) is 0 Å². The molecule has 0 spiro atoms. The average molecular weight is 455 g/mol. The number of thiazole rings is 1. The molecule has 2 aromatic carbocycles. The molecule has 3 N–H and O–H groups in total. The molecule has 8 heteroatoms. The molecule has 0 aliphatic heterocycles. The van der Waals surface area contributed by atoms with Crippen LogP contribution in [0, 0.1) is 6.92 Å². The summed E-state index contributed by atoms with van der Waals surface area (Å²) in [5.41, 5.74) is 5.67. The van der Waals surface area contributed by atoms with Crippen LogP contribution in [0.5, 0.6) is 0 Å². The van der Waals surface area contributed by atoms with Crippen molar-refractivity contribution in [1.29, 1.82) is 0 Å². The molecule has 0 saturated heterocycles. The van der Waals surface area contributed by atoms with Crippen LogP contribution in [0.2, 0.25) is 0 Å². The number of carboxylic acid groups (broad SMARTS) is 1. The minimum atomic E-state index is -1.01. The Morgan fingerprint density at radius 2 is 1.94 bits per heavy atom. The standard InChI is InChI=1S/C25H18N4O3S/c1-14-16(5-2-6-20(14)29-23(30)24-27-10-11-33-24)17-7-8-18(25(31)32)22-19(17)12-21(28-22)15-4-3-9-26-13-15/h2-13,28H,1H3,(H,29,30)(H,31,32). The molecule has 3 aromatic heterocycles. The van der Waals surface area contributed by atoms with Crippen molar-refractivity contribution in [2.75, 3.05) is 5.32 Å². The van der Waals surface area contributed by atoms with E-state index in [9.17, 15) is 14.7 Å². The fourth-order valence-electron chi connectivity index (χ4n) is 3.88. The summed E-state index contributed by atoms with van der Waals surface area (Å²) in [6, 6.07) is 14.8. The number of nitrogens with one attached hydrogen (secondary N) is 2. The Bertz CT molecular complexity index is 1490. The lowest BCUT2D eigenvalue weighted by molar-refractivity contribution is 0.0698. The summed E-state index contributed by atoms with van der Waals surface area (Å²) >= 11 is 1.28. The number of carbonyl (C=O) groups excluding carboxylic acids is 1. The van der Waals surface area contributed by atoms with Crippen LogP contribution in [-0.4, -0.2) is 31.9 Å². The van der Waals surface area contributed by atoms with Gasteiger partial charge in [-0.1, -0.05) is 18.2 Å². The number of aromatic nitrogens is 3. The molecular formula is C25H18N4O3S. The van der Waals surface area contributed by atoms with Crippen LogP contribution < -0.4 is 5.32 Å². The zero-order valence-corrected chi connectivity index (χ0v) is 18.3. The minimum Gasteiger partial charge on any atom is -0.478 e. The molecule has 7 nitrogen and oxygen atoms in total. The van der Waals surface area contributed by atoms with Crippen LogP contribution in [0.25, 0.3) is 33.3 Å². The summed E-state index contributed by atoms with van der Waals surface area (Å²) in [6.45, 7) is 1.93. The quantitative estimate of drug-likeness (QED) is 0.320. The maximum absolute atomic E-state index is 12.5. The fourth-order valence-corrected chi connectivity index (χ4v) is 4.41. The number of anilines is 1. The number of pyridine rings is 1. The molecule has 33 heavy (non-hydrogen) atoms. The molecule has 3 heterocycles. The zero-order valence-electron chi connectivity index (χ0n) is 17.5. The van der Waals surface area contributed by atoms with Gasteiger partial charge in [0.15, 0.2) is 5.01 Å². The predicted molar refractivity (Wildman–Crippen MR) is 129 cm³/mol. The van der Waals surface area contributed by atoms with Gasteiger partial charge >= 0.3 is 5.97 Å². The third kappa shape index (κ3) is 3.77. The summed E-state index contributed by atoms with van der Waals surface area (Å²) in [5, 5.41) is 15.6. The maximum Gasteiger partial charge on any atom is 0.337 e. The summed E-state index contributed by atoms with van der Waals surface area (Å²) in [5.74, 6) is -1.27. The topological polar surface area (TPSA) is 108 Å². The van der Waals surface area contributed by atoms with Gasteiger partial charge < -0.3 is 15.4 Å². The van der Waals surface area contributed by atoms with E-state index in [0.717, 1.165) is 33.3 Å². The molecule has 0 aliphatic rings. The van der Waals surface area contributed by atoms with Crippen molar-refractivity contribution in [1.82, 2.24) is 15.0 Å². The lowest BCUT2D eigenvalue weighted by Crippen LogP contribution is -2.12. The maximum atomic E-state index is 12.5. The van der Waals surface area contributed by atoms with E-state index in [0.29, 0.717) is 16.2 Å². The molecule has 0 fully saturated rings. The number of carbonyl (C=O) groups is 2. The molecule has 0 bridgehead atoms. The van der Waals surface area contributed by atoms with Crippen molar-refractivity contribution in [3.8, 4) is 22.4 Å². The highest BCUT2D eigenvalue weighted by atomic mass is 32.1. The number of fused-ring (bicyclic) bond motifs is 1. The normalized spacial score (nSPS) is 10.9. The molecule has 0 unspecified atom stereocenters. The Morgan fingerprint density at radius 3 is 2.67 bits per heavy atom. The zero-order chi connectivity index (χ0) is 22.9. The number of nitrogens with zero attached hydrogens (tertiary/aromatic N) is 2. The summed E-state index contributed by atoms with van der Waals surface area (Å²) in [6.07, 6.45) is 5.01. The van der Waals surface area contributed by atoms with Gasteiger partial charge in [0.05, 0.1) is 11.1 Å². The van der Waals surface area contributed by atoms with E-state index in [1.807, 2.05) is 43.3 Å². The second-order valence-electron chi connectivity index (χ2n) is 7.45. The van der Waals surface area contributed by atoms with Gasteiger partial charge in [-0.25, -0.2) is 9.78 Å². The van der Waals surface area contributed by atoms with Gasteiger partial charge in [0.2, 0.25) is 0 Å². The number of H-pyrrole nitrogens is 1. The second kappa shape index (κ2) is 8.33. The third-order valence-corrected chi connectivity index (χ3v) is 6.27. The lowest BCUT2D eigenvalue weighted by atomic mass is 9.94. The van der Waals surface area contributed by atoms with Crippen molar-refractivity contribution in [2.24, 2.45) is 0 Å². The number of rotatable bonds is 5. The largest absolute Gasteiger partial charge is 0.478 e. The van der Waals surface area contributed by atoms with Crippen LogP contribution in [0.3, 0.4) is 0 Å². The Morgan fingerprint density at radius 1 is 1.06 bits per heavy atom. The summed E-state index contributed by atoms with van der Waals surface area (Å²) in [4.78, 5) is 35.9. The van der Waals surface area contributed by atoms with Crippen molar-refractivity contribution in [3.63, 3.8) is 0 Å². The number of aromatic amines is 1. The first-order chi connectivity index (χ1) is 16.0. The van der Waals surface area contributed by atoms with E-state index in [-0.39, 0.29) is 11.5 Å². The van der Waals surface area contributed by atoms with Crippen molar-refractivity contribution in [3.05, 3.63) is 88.6 Å². The number of aromatic carboxylic acids is 1. The van der Waals surface area contributed by atoms with Gasteiger partial charge in [0.25, 0.3) is 5.91 Å². The molecule has 162 valence electrons. The van der Waals surface area contributed by atoms with E-state index in [2.05, 4.69) is 20.3 Å². The summed E-state index contributed by atoms with van der Waals surface area (Å²) in [7, 11) is 0. The predicted octanol–water partition coefficient (Wildman–Crippen LogP) is 5.61.